The minimum absolute atomic E-state index is 0.174. The van der Waals surface area contributed by atoms with Crippen LogP contribution in [0.5, 0.6) is 0 Å². The number of hydrogen-bond donors (Lipinski definition) is 1. The quantitative estimate of drug-likeness (QED) is 0.433. The molecule has 3 aromatic carbocycles. The van der Waals surface area contributed by atoms with Gasteiger partial charge >= 0.3 is 6.18 Å². The van der Waals surface area contributed by atoms with Crippen LogP contribution in [-0.4, -0.2) is 15.7 Å². The first-order chi connectivity index (χ1) is 15.8. The topological polar surface area (TPSA) is 70.7 Å². The number of amides is 1. The van der Waals surface area contributed by atoms with Crippen molar-refractivity contribution in [2.75, 3.05) is 5.32 Å². The van der Waals surface area contributed by atoms with Crippen molar-refractivity contribution in [1.82, 2.24) is 9.78 Å². The average molecular weight is 446 g/mol. The van der Waals surface area contributed by atoms with Crippen LogP contribution < -0.4 is 5.32 Å². The van der Waals surface area contributed by atoms with Crippen LogP contribution in [0.25, 0.3) is 5.69 Å². The molecule has 164 valence electrons. The van der Waals surface area contributed by atoms with Gasteiger partial charge < -0.3 is 5.32 Å². The van der Waals surface area contributed by atoms with E-state index in [1.165, 1.54) is 24.3 Å². The normalized spacial score (nSPS) is 11.1. The van der Waals surface area contributed by atoms with E-state index in [0.717, 1.165) is 15.8 Å². The van der Waals surface area contributed by atoms with Crippen molar-refractivity contribution >= 4 is 11.6 Å². The van der Waals surface area contributed by atoms with Crippen molar-refractivity contribution in [3.8, 4) is 11.8 Å². The van der Waals surface area contributed by atoms with Gasteiger partial charge in [0.1, 0.15) is 5.69 Å². The van der Waals surface area contributed by atoms with Crippen molar-refractivity contribution in [2.24, 2.45) is 0 Å². The highest BCUT2D eigenvalue weighted by atomic mass is 19.4. The van der Waals surface area contributed by atoms with E-state index < -0.39 is 17.8 Å². The van der Waals surface area contributed by atoms with E-state index in [0.29, 0.717) is 18.2 Å². The van der Waals surface area contributed by atoms with Gasteiger partial charge in [-0.1, -0.05) is 48.5 Å². The number of carbonyl (C=O) groups excluding carboxylic acids is 1. The van der Waals surface area contributed by atoms with Gasteiger partial charge in [-0.05, 0) is 47.9 Å². The lowest BCUT2D eigenvalue weighted by molar-refractivity contribution is -0.141. The number of alkyl halides is 3. The summed E-state index contributed by atoms with van der Waals surface area (Å²) in [6, 6.07) is 25.3. The average Bonchev–Trinajstić information content (AvgIpc) is 3.27. The number of nitrogens with zero attached hydrogens (tertiary/aromatic N) is 3. The standard InChI is InChI=1S/C25H17F3N4O/c26-25(27,28)23-15-22(32(31-23)21-11-5-9-19(14-21)16-29)24(33)30-20-10-4-8-18(13-20)12-17-6-2-1-3-7-17/h1-11,13-15H,12H2,(H,30,33). The zero-order valence-corrected chi connectivity index (χ0v) is 17.2. The largest absolute Gasteiger partial charge is 0.435 e. The molecule has 0 unspecified atom stereocenters. The van der Waals surface area contributed by atoms with Crippen molar-refractivity contribution in [3.63, 3.8) is 0 Å². The van der Waals surface area contributed by atoms with Gasteiger partial charge in [0, 0.05) is 11.8 Å². The molecule has 4 aromatic rings. The molecule has 4 rings (SSSR count). The Morgan fingerprint density at radius 2 is 1.67 bits per heavy atom. The van der Waals surface area contributed by atoms with Gasteiger partial charge in [-0.15, -0.1) is 0 Å². The first-order valence-electron chi connectivity index (χ1n) is 9.95. The summed E-state index contributed by atoms with van der Waals surface area (Å²) in [5, 5.41) is 15.3. The lowest BCUT2D eigenvalue weighted by Gasteiger charge is -2.10. The minimum Gasteiger partial charge on any atom is -0.321 e. The summed E-state index contributed by atoms with van der Waals surface area (Å²) in [7, 11) is 0. The number of hydrogen-bond acceptors (Lipinski definition) is 3. The summed E-state index contributed by atoms with van der Waals surface area (Å²) in [5.74, 6) is -0.753. The smallest absolute Gasteiger partial charge is 0.321 e. The molecule has 1 heterocycles. The van der Waals surface area contributed by atoms with E-state index in [-0.39, 0.29) is 16.9 Å². The predicted molar refractivity (Wildman–Crippen MR) is 117 cm³/mol. The van der Waals surface area contributed by atoms with E-state index >= 15 is 0 Å². The van der Waals surface area contributed by atoms with Crippen LogP contribution in [0.4, 0.5) is 18.9 Å². The van der Waals surface area contributed by atoms with Crippen LogP contribution in [0.15, 0.2) is 84.9 Å². The Bertz CT molecular complexity index is 1340. The van der Waals surface area contributed by atoms with Crippen molar-refractivity contribution < 1.29 is 18.0 Å². The summed E-state index contributed by atoms with van der Waals surface area (Å²) >= 11 is 0. The minimum atomic E-state index is -4.73. The van der Waals surface area contributed by atoms with Crippen LogP contribution in [0.3, 0.4) is 0 Å². The number of benzene rings is 3. The Labute approximate surface area is 187 Å². The van der Waals surface area contributed by atoms with Crippen LogP contribution >= 0.6 is 0 Å². The first-order valence-corrected chi connectivity index (χ1v) is 9.95. The van der Waals surface area contributed by atoms with Crippen LogP contribution in [0.2, 0.25) is 0 Å². The van der Waals surface area contributed by atoms with Crippen molar-refractivity contribution in [2.45, 2.75) is 12.6 Å². The van der Waals surface area contributed by atoms with E-state index in [2.05, 4.69) is 10.4 Å². The summed E-state index contributed by atoms with van der Waals surface area (Å²) in [6.45, 7) is 0. The summed E-state index contributed by atoms with van der Waals surface area (Å²) in [4.78, 5) is 13.0. The Hall–Kier alpha value is -4.38. The van der Waals surface area contributed by atoms with Gasteiger partial charge in [-0.3, -0.25) is 4.79 Å². The fourth-order valence-electron chi connectivity index (χ4n) is 3.37. The fraction of sp³-hybridized carbons (Fsp3) is 0.0800. The molecular formula is C25H17F3N4O. The lowest BCUT2D eigenvalue weighted by atomic mass is 10.0. The number of nitrogens with one attached hydrogen (secondary N) is 1. The molecule has 0 spiro atoms. The van der Waals surface area contributed by atoms with Crippen molar-refractivity contribution in [1.29, 1.82) is 5.26 Å². The lowest BCUT2D eigenvalue weighted by Crippen LogP contribution is -2.17. The van der Waals surface area contributed by atoms with E-state index in [1.54, 1.807) is 18.2 Å². The molecule has 33 heavy (non-hydrogen) atoms. The second-order valence-corrected chi connectivity index (χ2v) is 7.30. The van der Waals surface area contributed by atoms with Crippen molar-refractivity contribution in [3.05, 3.63) is 113 Å². The molecule has 0 aliphatic rings. The van der Waals surface area contributed by atoms with Gasteiger partial charge in [-0.25, -0.2) is 4.68 Å². The van der Waals surface area contributed by atoms with Gasteiger partial charge in [0.05, 0.1) is 17.3 Å². The third-order valence-corrected chi connectivity index (χ3v) is 4.89. The third kappa shape index (κ3) is 5.10. The molecule has 1 aromatic heterocycles. The second-order valence-electron chi connectivity index (χ2n) is 7.30. The molecule has 0 saturated carbocycles. The maximum absolute atomic E-state index is 13.3. The molecule has 0 radical (unpaired) electrons. The Morgan fingerprint density at radius 3 is 2.39 bits per heavy atom. The Balaban J connectivity index is 1.65. The van der Waals surface area contributed by atoms with E-state index in [1.807, 2.05) is 42.5 Å². The molecule has 0 aliphatic carbocycles. The molecule has 0 bridgehead atoms. The van der Waals surface area contributed by atoms with E-state index in [4.69, 9.17) is 5.26 Å². The highest BCUT2D eigenvalue weighted by molar-refractivity contribution is 6.03. The number of aromatic nitrogens is 2. The predicted octanol–water partition coefficient (Wildman–Crippen LogP) is 5.61. The summed E-state index contributed by atoms with van der Waals surface area (Å²) in [5.41, 5.74) is 1.37. The molecule has 8 heteroatoms. The number of nitriles is 1. The third-order valence-electron chi connectivity index (χ3n) is 4.89. The highest BCUT2D eigenvalue weighted by Gasteiger charge is 2.36. The van der Waals surface area contributed by atoms with Gasteiger partial charge in [-0.2, -0.15) is 23.5 Å². The second kappa shape index (κ2) is 9.01. The Kier molecular flexibility index (Phi) is 5.96. The van der Waals surface area contributed by atoms with Gasteiger partial charge in [0.25, 0.3) is 5.91 Å². The van der Waals surface area contributed by atoms with Crippen LogP contribution in [0.1, 0.15) is 32.9 Å². The number of halogens is 3. The van der Waals surface area contributed by atoms with Crippen LogP contribution in [-0.2, 0) is 12.6 Å². The molecular weight excluding hydrogens is 429 g/mol. The van der Waals surface area contributed by atoms with E-state index in [9.17, 15) is 18.0 Å². The highest BCUT2D eigenvalue weighted by Crippen LogP contribution is 2.30. The number of rotatable bonds is 5. The molecule has 1 N–H and O–H groups in total. The molecule has 0 fully saturated rings. The maximum atomic E-state index is 13.3. The zero-order chi connectivity index (χ0) is 23.4. The monoisotopic (exact) mass is 446 g/mol. The SMILES string of the molecule is N#Cc1cccc(-n2nc(C(F)(F)F)cc2C(=O)Nc2cccc(Cc3ccccc3)c2)c1. The maximum Gasteiger partial charge on any atom is 0.435 e. The molecule has 1 amide bonds. The van der Waals surface area contributed by atoms with Crippen LogP contribution in [0, 0.1) is 11.3 Å². The molecule has 0 aliphatic heterocycles. The summed E-state index contributed by atoms with van der Waals surface area (Å²) < 4.78 is 40.9. The first kappa shape index (κ1) is 21.8. The summed E-state index contributed by atoms with van der Waals surface area (Å²) in [6.07, 6.45) is -4.09. The molecule has 0 saturated heterocycles. The van der Waals surface area contributed by atoms with Gasteiger partial charge in [0.2, 0.25) is 0 Å². The number of anilines is 1. The Morgan fingerprint density at radius 1 is 0.939 bits per heavy atom. The fourth-order valence-corrected chi connectivity index (χ4v) is 3.37. The molecule has 0 atom stereocenters. The van der Waals surface area contributed by atoms with Gasteiger partial charge in [0.15, 0.2) is 5.69 Å². The molecule has 5 nitrogen and oxygen atoms in total. The number of carbonyl (C=O) groups is 1. The zero-order valence-electron chi connectivity index (χ0n) is 17.2.